The van der Waals surface area contributed by atoms with E-state index >= 15 is 0 Å². The molecule has 0 aliphatic heterocycles. The normalized spacial score (nSPS) is 11.3. The standard InChI is InChI=1S/C10H11NO2S/c1-3-5-7(4-2)6-8-9(12)11-10(13)14-8/h3-5,12H,1-2,6H2,(H,11,13). The Bertz CT molecular complexity index is 426. The topological polar surface area (TPSA) is 53.1 Å². The van der Waals surface area contributed by atoms with E-state index in [4.69, 9.17) is 0 Å². The molecule has 0 bridgehead atoms. The van der Waals surface area contributed by atoms with Crippen LogP contribution < -0.4 is 4.87 Å². The van der Waals surface area contributed by atoms with Crippen LogP contribution >= 0.6 is 11.3 Å². The molecule has 14 heavy (non-hydrogen) atoms. The number of aromatic amines is 1. The van der Waals surface area contributed by atoms with Crippen molar-refractivity contribution >= 4 is 11.3 Å². The van der Waals surface area contributed by atoms with Crippen molar-refractivity contribution in [1.29, 1.82) is 0 Å². The molecular formula is C10H11NO2S. The summed E-state index contributed by atoms with van der Waals surface area (Å²) < 4.78 is 0. The largest absolute Gasteiger partial charge is 0.494 e. The summed E-state index contributed by atoms with van der Waals surface area (Å²) in [5, 5.41) is 9.31. The van der Waals surface area contributed by atoms with E-state index in [-0.39, 0.29) is 10.8 Å². The fourth-order valence-corrected chi connectivity index (χ4v) is 1.77. The highest BCUT2D eigenvalue weighted by Gasteiger charge is 2.06. The second kappa shape index (κ2) is 4.62. The molecule has 74 valence electrons. The van der Waals surface area contributed by atoms with Crippen LogP contribution in [0.4, 0.5) is 0 Å². The molecule has 0 fully saturated rings. The van der Waals surface area contributed by atoms with E-state index in [1.807, 2.05) is 0 Å². The van der Waals surface area contributed by atoms with Gasteiger partial charge in [-0.25, -0.2) is 0 Å². The third-order valence-corrected chi connectivity index (χ3v) is 2.53. The number of aromatic hydroxyl groups is 1. The highest BCUT2D eigenvalue weighted by atomic mass is 32.1. The van der Waals surface area contributed by atoms with Crippen molar-refractivity contribution in [2.45, 2.75) is 6.42 Å². The number of rotatable bonds is 4. The first-order valence-corrected chi connectivity index (χ1v) is 4.84. The number of hydrogen-bond donors (Lipinski definition) is 2. The van der Waals surface area contributed by atoms with Crippen LogP contribution in [0.3, 0.4) is 0 Å². The van der Waals surface area contributed by atoms with Crippen molar-refractivity contribution in [3.8, 4) is 5.88 Å². The summed E-state index contributed by atoms with van der Waals surface area (Å²) >= 11 is 1.000. The van der Waals surface area contributed by atoms with E-state index in [1.165, 1.54) is 0 Å². The predicted molar refractivity (Wildman–Crippen MR) is 58.8 cm³/mol. The summed E-state index contributed by atoms with van der Waals surface area (Å²) in [5.41, 5.74) is 0.908. The van der Waals surface area contributed by atoms with Gasteiger partial charge in [0.1, 0.15) is 0 Å². The first-order valence-electron chi connectivity index (χ1n) is 4.02. The number of nitrogens with one attached hydrogen (secondary N) is 1. The summed E-state index contributed by atoms with van der Waals surface area (Å²) in [4.78, 5) is 13.5. The molecule has 0 spiro atoms. The lowest BCUT2D eigenvalue weighted by Crippen LogP contribution is -1.89. The lowest BCUT2D eigenvalue weighted by molar-refractivity contribution is 0.451. The van der Waals surface area contributed by atoms with Gasteiger partial charge in [-0.2, -0.15) is 0 Å². The van der Waals surface area contributed by atoms with Gasteiger partial charge in [0.15, 0.2) is 0 Å². The zero-order valence-corrected chi connectivity index (χ0v) is 8.43. The highest BCUT2D eigenvalue weighted by Crippen LogP contribution is 2.20. The van der Waals surface area contributed by atoms with E-state index in [9.17, 15) is 9.90 Å². The van der Waals surface area contributed by atoms with Crippen molar-refractivity contribution in [3.63, 3.8) is 0 Å². The smallest absolute Gasteiger partial charge is 0.307 e. The molecule has 4 heteroatoms. The van der Waals surface area contributed by atoms with Gasteiger partial charge >= 0.3 is 4.87 Å². The van der Waals surface area contributed by atoms with Gasteiger partial charge in [-0.3, -0.25) is 9.78 Å². The van der Waals surface area contributed by atoms with Crippen molar-refractivity contribution in [2.24, 2.45) is 0 Å². The van der Waals surface area contributed by atoms with E-state index in [1.54, 1.807) is 18.2 Å². The second-order valence-electron chi connectivity index (χ2n) is 2.64. The Morgan fingerprint density at radius 3 is 2.71 bits per heavy atom. The van der Waals surface area contributed by atoms with Gasteiger partial charge in [0.2, 0.25) is 5.88 Å². The average molecular weight is 209 g/mol. The van der Waals surface area contributed by atoms with Crippen LogP contribution in [0.5, 0.6) is 5.88 Å². The number of thiazole rings is 1. The van der Waals surface area contributed by atoms with Crippen LogP contribution in [0.15, 0.2) is 41.8 Å². The second-order valence-corrected chi connectivity index (χ2v) is 3.71. The lowest BCUT2D eigenvalue weighted by Gasteiger charge is -1.97. The third kappa shape index (κ3) is 2.47. The fraction of sp³-hybridized carbons (Fsp3) is 0.100. The molecule has 1 rings (SSSR count). The predicted octanol–water partition coefficient (Wildman–Crippen LogP) is 1.98. The van der Waals surface area contributed by atoms with E-state index in [0.29, 0.717) is 11.3 Å². The Morgan fingerprint density at radius 1 is 1.57 bits per heavy atom. The molecule has 0 saturated heterocycles. The lowest BCUT2D eigenvalue weighted by atomic mass is 10.1. The summed E-state index contributed by atoms with van der Waals surface area (Å²) in [6.07, 6.45) is 5.59. The summed E-state index contributed by atoms with van der Waals surface area (Å²) in [5.74, 6) is -0.0585. The minimum Gasteiger partial charge on any atom is -0.494 e. The number of allylic oxidation sites excluding steroid dienone is 4. The fourth-order valence-electron chi connectivity index (χ4n) is 1.01. The summed E-state index contributed by atoms with van der Waals surface area (Å²) in [7, 11) is 0. The maximum absolute atomic E-state index is 10.9. The van der Waals surface area contributed by atoms with Crippen LogP contribution in [-0.2, 0) is 6.42 Å². The number of H-pyrrole nitrogens is 1. The molecule has 0 atom stereocenters. The Hall–Kier alpha value is -1.55. The molecule has 1 aromatic heterocycles. The van der Waals surface area contributed by atoms with Crippen LogP contribution in [0.1, 0.15) is 4.88 Å². The minimum atomic E-state index is -0.250. The number of hydrogen-bond acceptors (Lipinski definition) is 3. The summed E-state index contributed by atoms with van der Waals surface area (Å²) in [6.45, 7) is 7.20. The first-order chi connectivity index (χ1) is 6.67. The van der Waals surface area contributed by atoms with Gasteiger partial charge in [0.25, 0.3) is 0 Å². The SMILES string of the molecule is C=CC=C(C=C)Cc1sc(=O)[nH]c1O. The van der Waals surface area contributed by atoms with Gasteiger partial charge in [-0.1, -0.05) is 42.7 Å². The molecule has 1 aromatic rings. The first kappa shape index (κ1) is 10.5. The number of aromatic nitrogens is 1. The highest BCUT2D eigenvalue weighted by molar-refractivity contribution is 7.09. The van der Waals surface area contributed by atoms with Crippen molar-refractivity contribution in [1.82, 2.24) is 4.98 Å². The molecule has 3 nitrogen and oxygen atoms in total. The maximum Gasteiger partial charge on any atom is 0.307 e. The van der Waals surface area contributed by atoms with Gasteiger partial charge in [-0.15, -0.1) is 0 Å². The molecule has 0 saturated carbocycles. The van der Waals surface area contributed by atoms with Crippen molar-refractivity contribution < 1.29 is 5.11 Å². The maximum atomic E-state index is 10.9. The monoisotopic (exact) mass is 209 g/mol. The van der Waals surface area contributed by atoms with Crippen LogP contribution in [0.25, 0.3) is 0 Å². The Labute approximate surface area is 85.7 Å². The zero-order valence-electron chi connectivity index (χ0n) is 7.62. The van der Waals surface area contributed by atoms with Crippen LogP contribution in [0, 0.1) is 0 Å². The molecule has 0 amide bonds. The molecule has 2 N–H and O–H groups in total. The van der Waals surface area contributed by atoms with E-state index < -0.39 is 0 Å². The summed E-state index contributed by atoms with van der Waals surface area (Å²) in [6, 6.07) is 0. The van der Waals surface area contributed by atoms with Crippen molar-refractivity contribution in [3.05, 3.63) is 51.5 Å². The van der Waals surface area contributed by atoms with Gasteiger partial charge < -0.3 is 5.11 Å². The molecule has 0 aromatic carbocycles. The minimum absolute atomic E-state index is 0.0585. The van der Waals surface area contributed by atoms with Gasteiger partial charge in [0.05, 0.1) is 4.88 Å². The van der Waals surface area contributed by atoms with E-state index in [0.717, 1.165) is 16.9 Å². The molecule has 0 aliphatic rings. The van der Waals surface area contributed by atoms with Gasteiger partial charge in [-0.05, 0) is 5.57 Å². The molecular weight excluding hydrogens is 198 g/mol. The quantitative estimate of drug-likeness (QED) is 0.745. The molecule has 0 unspecified atom stereocenters. The zero-order chi connectivity index (χ0) is 10.6. The molecule has 0 aliphatic carbocycles. The Morgan fingerprint density at radius 2 is 2.29 bits per heavy atom. The van der Waals surface area contributed by atoms with E-state index in [2.05, 4.69) is 18.1 Å². The molecule has 0 radical (unpaired) electrons. The Balaban J connectivity index is 2.92. The van der Waals surface area contributed by atoms with Crippen LogP contribution in [0.2, 0.25) is 0 Å². The van der Waals surface area contributed by atoms with Crippen LogP contribution in [-0.4, -0.2) is 10.1 Å². The van der Waals surface area contributed by atoms with Gasteiger partial charge in [0, 0.05) is 6.42 Å². The third-order valence-electron chi connectivity index (χ3n) is 1.66. The average Bonchev–Trinajstić information content (AvgIpc) is 2.44. The Kier molecular flexibility index (Phi) is 3.48. The van der Waals surface area contributed by atoms with Crippen molar-refractivity contribution in [2.75, 3.05) is 0 Å². The molecule has 1 heterocycles.